The smallest absolute Gasteiger partial charge is 0.0138 e. The summed E-state index contributed by atoms with van der Waals surface area (Å²) < 4.78 is 0. The van der Waals surface area contributed by atoms with E-state index in [0.717, 1.165) is 18.4 Å². The maximum Gasteiger partial charge on any atom is 0.0138 e. The van der Waals surface area contributed by atoms with Crippen LogP contribution in [0.2, 0.25) is 0 Å². The molecule has 1 fully saturated rings. The average Bonchev–Trinajstić information content (AvgIpc) is 3.07. The van der Waals surface area contributed by atoms with Crippen molar-refractivity contribution in [2.75, 3.05) is 6.54 Å². The molecule has 3 rings (SSSR count). The number of fused-ring (bicyclic) bond motifs is 1. The summed E-state index contributed by atoms with van der Waals surface area (Å²) in [5.41, 5.74) is 3.23. The van der Waals surface area contributed by atoms with Crippen LogP contribution in [-0.4, -0.2) is 12.6 Å². The van der Waals surface area contributed by atoms with Crippen LogP contribution in [0.5, 0.6) is 0 Å². The summed E-state index contributed by atoms with van der Waals surface area (Å²) in [5, 5.41) is 3.79. The molecule has 19 heavy (non-hydrogen) atoms. The Hall–Kier alpha value is -0.820. The molecular formula is C18H27N. The summed E-state index contributed by atoms with van der Waals surface area (Å²) in [6.45, 7) is 3.36. The molecule has 0 amide bonds. The van der Waals surface area contributed by atoms with Gasteiger partial charge in [0, 0.05) is 6.04 Å². The van der Waals surface area contributed by atoms with E-state index in [-0.39, 0.29) is 0 Å². The second-order valence-electron chi connectivity index (χ2n) is 6.39. The summed E-state index contributed by atoms with van der Waals surface area (Å²) in [7, 11) is 0. The average molecular weight is 257 g/mol. The molecule has 1 heteroatoms. The Balaban J connectivity index is 1.73. The van der Waals surface area contributed by atoms with E-state index in [2.05, 4.69) is 36.5 Å². The molecule has 104 valence electrons. The lowest BCUT2D eigenvalue weighted by molar-refractivity contribution is 0.345. The third-order valence-corrected chi connectivity index (χ3v) is 5.19. The van der Waals surface area contributed by atoms with Gasteiger partial charge in [0.15, 0.2) is 0 Å². The van der Waals surface area contributed by atoms with Gasteiger partial charge < -0.3 is 5.32 Å². The predicted molar refractivity (Wildman–Crippen MR) is 81.5 cm³/mol. The third-order valence-electron chi connectivity index (χ3n) is 5.19. The fourth-order valence-corrected chi connectivity index (χ4v) is 4.27. The van der Waals surface area contributed by atoms with Crippen LogP contribution in [0.1, 0.15) is 62.5 Å². The number of likely N-dealkylation sites (N-methyl/N-ethyl adjacent to an activating group) is 1. The van der Waals surface area contributed by atoms with Crippen molar-refractivity contribution in [1.29, 1.82) is 0 Å². The largest absolute Gasteiger partial charge is 0.314 e. The molecule has 0 aromatic heterocycles. The van der Waals surface area contributed by atoms with Gasteiger partial charge in [-0.1, -0.05) is 56.9 Å². The molecule has 2 aliphatic carbocycles. The molecule has 1 N–H and O–H groups in total. The summed E-state index contributed by atoms with van der Waals surface area (Å²) >= 11 is 0. The normalized spacial score (nSPS) is 24.6. The Morgan fingerprint density at radius 3 is 2.74 bits per heavy atom. The molecule has 0 radical (unpaired) electrons. The minimum absolute atomic E-state index is 0.705. The molecule has 1 saturated carbocycles. The van der Waals surface area contributed by atoms with Gasteiger partial charge in [-0.25, -0.2) is 0 Å². The van der Waals surface area contributed by atoms with Gasteiger partial charge in [-0.05, 0) is 48.8 Å². The van der Waals surface area contributed by atoms with E-state index in [9.17, 15) is 0 Å². The Bertz CT molecular complexity index is 406. The highest BCUT2D eigenvalue weighted by Crippen LogP contribution is 2.39. The second-order valence-corrected chi connectivity index (χ2v) is 6.39. The molecule has 2 aliphatic rings. The standard InChI is InChI=1S/C18H27N/c1-2-19-18(13-14-7-3-4-8-14)17-12-11-15-9-5-6-10-16(15)17/h5-6,9-10,14,17-19H,2-4,7-8,11-13H2,1H3. The van der Waals surface area contributed by atoms with Gasteiger partial charge in [0.05, 0.1) is 0 Å². The van der Waals surface area contributed by atoms with Crippen LogP contribution >= 0.6 is 0 Å². The van der Waals surface area contributed by atoms with Crippen LogP contribution in [0.25, 0.3) is 0 Å². The Morgan fingerprint density at radius 2 is 1.95 bits per heavy atom. The molecule has 0 heterocycles. The minimum Gasteiger partial charge on any atom is -0.314 e. The first-order valence-corrected chi connectivity index (χ1v) is 8.19. The fraction of sp³-hybridized carbons (Fsp3) is 0.667. The SMILES string of the molecule is CCNC(CC1CCCC1)C1CCc2ccccc21. The summed E-state index contributed by atoms with van der Waals surface area (Å²) in [6.07, 6.45) is 9.89. The van der Waals surface area contributed by atoms with Gasteiger partial charge in [0.1, 0.15) is 0 Å². The number of aryl methyl sites for hydroxylation is 1. The number of benzene rings is 1. The van der Waals surface area contributed by atoms with E-state index in [0.29, 0.717) is 6.04 Å². The lowest BCUT2D eigenvalue weighted by Gasteiger charge is -2.28. The van der Waals surface area contributed by atoms with Crippen LogP contribution in [0.3, 0.4) is 0 Å². The van der Waals surface area contributed by atoms with Gasteiger partial charge in [-0.15, -0.1) is 0 Å². The van der Waals surface area contributed by atoms with Gasteiger partial charge in [-0.3, -0.25) is 0 Å². The van der Waals surface area contributed by atoms with Crippen molar-refractivity contribution in [3.8, 4) is 0 Å². The Kier molecular flexibility index (Phi) is 4.22. The van der Waals surface area contributed by atoms with Crippen LogP contribution in [0.15, 0.2) is 24.3 Å². The highest BCUT2D eigenvalue weighted by atomic mass is 14.9. The maximum atomic E-state index is 3.79. The lowest BCUT2D eigenvalue weighted by Crippen LogP contribution is -2.35. The van der Waals surface area contributed by atoms with Crippen molar-refractivity contribution < 1.29 is 0 Å². The second kappa shape index (κ2) is 6.09. The first-order chi connectivity index (χ1) is 9.38. The lowest BCUT2D eigenvalue weighted by atomic mass is 9.86. The zero-order chi connectivity index (χ0) is 13.1. The van der Waals surface area contributed by atoms with Crippen molar-refractivity contribution in [3.63, 3.8) is 0 Å². The first-order valence-electron chi connectivity index (χ1n) is 8.19. The zero-order valence-corrected chi connectivity index (χ0v) is 12.2. The van der Waals surface area contributed by atoms with Crippen LogP contribution < -0.4 is 5.32 Å². The molecule has 0 spiro atoms. The van der Waals surface area contributed by atoms with Crippen LogP contribution in [0, 0.1) is 5.92 Å². The molecule has 0 saturated heterocycles. The molecule has 1 nitrogen and oxygen atoms in total. The van der Waals surface area contributed by atoms with Crippen molar-refractivity contribution in [2.24, 2.45) is 5.92 Å². The minimum atomic E-state index is 0.705. The van der Waals surface area contributed by atoms with Crippen molar-refractivity contribution in [1.82, 2.24) is 5.32 Å². The molecule has 0 aliphatic heterocycles. The number of hydrogen-bond acceptors (Lipinski definition) is 1. The van der Waals surface area contributed by atoms with Crippen molar-refractivity contribution in [3.05, 3.63) is 35.4 Å². The quantitative estimate of drug-likeness (QED) is 0.830. The van der Waals surface area contributed by atoms with Gasteiger partial charge >= 0.3 is 0 Å². The van der Waals surface area contributed by atoms with Gasteiger partial charge in [0.2, 0.25) is 0 Å². The van der Waals surface area contributed by atoms with Gasteiger partial charge in [-0.2, -0.15) is 0 Å². The first kappa shape index (κ1) is 13.2. The fourth-order valence-electron chi connectivity index (χ4n) is 4.27. The van der Waals surface area contributed by atoms with E-state index >= 15 is 0 Å². The molecule has 0 bridgehead atoms. The van der Waals surface area contributed by atoms with E-state index in [1.165, 1.54) is 44.9 Å². The summed E-state index contributed by atoms with van der Waals surface area (Å²) in [4.78, 5) is 0. The van der Waals surface area contributed by atoms with Crippen molar-refractivity contribution >= 4 is 0 Å². The highest BCUT2D eigenvalue weighted by Gasteiger charge is 2.31. The summed E-state index contributed by atoms with van der Waals surface area (Å²) in [5.74, 6) is 1.74. The van der Waals surface area contributed by atoms with Crippen LogP contribution in [0.4, 0.5) is 0 Å². The number of nitrogens with one attached hydrogen (secondary N) is 1. The number of rotatable bonds is 5. The summed E-state index contributed by atoms with van der Waals surface area (Å²) in [6, 6.07) is 9.81. The zero-order valence-electron chi connectivity index (χ0n) is 12.2. The van der Waals surface area contributed by atoms with E-state index in [4.69, 9.17) is 0 Å². The predicted octanol–water partition coefficient (Wildman–Crippen LogP) is 4.27. The molecular weight excluding hydrogens is 230 g/mol. The molecule has 2 unspecified atom stereocenters. The third kappa shape index (κ3) is 2.86. The molecule has 2 atom stereocenters. The van der Waals surface area contributed by atoms with Crippen molar-refractivity contribution in [2.45, 2.75) is 63.8 Å². The Labute approximate surface area is 117 Å². The Morgan fingerprint density at radius 1 is 1.16 bits per heavy atom. The van der Waals surface area contributed by atoms with E-state index in [1.54, 1.807) is 11.1 Å². The van der Waals surface area contributed by atoms with E-state index < -0.39 is 0 Å². The van der Waals surface area contributed by atoms with Gasteiger partial charge in [0.25, 0.3) is 0 Å². The number of hydrogen-bond donors (Lipinski definition) is 1. The molecule has 1 aromatic carbocycles. The monoisotopic (exact) mass is 257 g/mol. The molecule has 1 aromatic rings. The highest BCUT2D eigenvalue weighted by molar-refractivity contribution is 5.36. The topological polar surface area (TPSA) is 12.0 Å². The van der Waals surface area contributed by atoms with E-state index in [1.807, 2.05) is 0 Å². The van der Waals surface area contributed by atoms with Crippen LogP contribution in [-0.2, 0) is 6.42 Å². The maximum absolute atomic E-state index is 3.79.